The third kappa shape index (κ3) is 17.9. The average Bonchev–Trinajstić information content (AvgIpc) is 3.47. The van der Waals surface area contributed by atoms with Crippen LogP contribution in [0.3, 0.4) is 0 Å². The van der Waals surface area contributed by atoms with E-state index in [1.807, 2.05) is 24.3 Å². The number of nitrogens with zero attached hydrogens (tertiary/aromatic N) is 3. The molecule has 2 aromatic rings. The van der Waals surface area contributed by atoms with E-state index in [4.69, 9.17) is 43.8 Å². The number of rotatable bonds is 5. The predicted molar refractivity (Wildman–Crippen MR) is 227 cm³/mol. The molecule has 0 bridgehead atoms. The Kier molecular flexibility index (Phi) is 23.2. The summed E-state index contributed by atoms with van der Waals surface area (Å²) in [7, 11) is 0. The summed E-state index contributed by atoms with van der Waals surface area (Å²) >= 11 is 9.80. The maximum absolute atomic E-state index is 13.6. The van der Waals surface area contributed by atoms with Gasteiger partial charge < -0.3 is 26.7 Å². The molecular formula is C41H60Cl3F6N7O4. The Morgan fingerprint density at radius 3 is 1.56 bits per heavy atom. The van der Waals surface area contributed by atoms with Crippen molar-refractivity contribution in [2.75, 3.05) is 6.61 Å². The van der Waals surface area contributed by atoms with Crippen molar-refractivity contribution in [1.29, 1.82) is 5.53 Å². The normalized spacial score (nSPS) is 25.6. The van der Waals surface area contributed by atoms with E-state index in [2.05, 4.69) is 51.1 Å². The van der Waals surface area contributed by atoms with Crippen LogP contribution in [0, 0.1) is 23.3 Å². The van der Waals surface area contributed by atoms with Crippen molar-refractivity contribution in [3.63, 3.8) is 0 Å². The number of hydrogen-bond acceptors (Lipinski definition) is 9. The molecule has 0 heterocycles. The molecule has 2 aromatic carbocycles. The number of fused-ring (bicyclic) bond motifs is 3. The first-order valence-electron chi connectivity index (χ1n) is 19.9. The van der Waals surface area contributed by atoms with Gasteiger partial charge in [0.2, 0.25) is 0 Å². The maximum atomic E-state index is 13.6. The van der Waals surface area contributed by atoms with Gasteiger partial charge in [-0.15, -0.1) is 12.4 Å². The SMILES string of the molecule is CC(C)(C)OC(=O)C[C@@H]1[C@@H](N)CCCC1(F)F.C[C@H]1CCCC(F)(F)[C@@H]1N.C[C@H]1CCCC(F)(F)[C@@H]1N.Cl.N=NN=NCl.O=C(Cl)OCC1c2ccccc2-c2ccccc21. The van der Waals surface area contributed by atoms with Crippen LogP contribution >= 0.6 is 35.8 Å². The van der Waals surface area contributed by atoms with Gasteiger partial charge in [0.1, 0.15) is 12.2 Å². The van der Waals surface area contributed by atoms with E-state index in [1.165, 1.54) is 22.3 Å². The third-order valence-corrected chi connectivity index (χ3v) is 11.0. The first kappa shape index (κ1) is 55.9. The molecule has 4 aliphatic rings. The monoisotopic (exact) mass is 933 g/mol. The van der Waals surface area contributed by atoms with Crippen molar-refractivity contribution < 1.29 is 45.4 Å². The molecule has 0 aliphatic heterocycles. The molecule has 0 saturated heterocycles. The van der Waals surface area contributed by atoms with Crippen molar-refractivity contribution >= 4 is 47.2 Å². The van der Waals surface area contributed by atoms with Gasteiger partial charge >= 0.3 is 11.4 Å². The predicted octanol–water partition coefficient (Wildman–Crippen LogP) is 12.2. The zero-order valence-electron chi connectivity index (χ0n) is 35.1. The van der Waals surface area contributed by atoms with Crippen LogP contribution in [0.4, 0.5) is 31.1 Å². The highest BCUT2D eigenvalue weighted by Crippen LogP contribution is 2.45. The van der Waals surface area contributed by atoms with Gasteiger partial charge in [0.25, 0.3) is 17.8 Å². The molecule has 4 aliphatic carbocycles. The molecule has 61 heavy (non-hydrogen) atoms. The number of nitrogens with one attached hydrogen (secondary N) is 1. The minimum atomic E-state index is -2.85. The Morgan fingerprint density at radius 2 is 1.21 bits per heavy atom. The van der Waals surface area contributed by atoms with E-state index < -0.39 is 58.8 Å². The number of halogens is 9. The van der Waals surface area contributed by atoms with Crippen LogP contribution in [0.2, 0.25) is 0 Å². The topological polar surface area (TPSA) is 192 Å². The van der Waals surface area contributed by atoms with Crippen molar-refractivity contribution in [3.8, 4) is 11.1 Å². The van der Waals surface area contributed by atoms with Gasteiger partial charge in [-0.3, -0.25) is 4.79 Å². The van der Waals surface area contributed by atoms with Crippen LogP contribution in [0.25, 0.3) is 11.1 Å². The lowest BCUT2D eigenvalue weighted by molar-refractivity contribution is -0.163. The van der Waals surface area contributed by atoms with Crippen molar-refractivity contribution in [2.45, 2.75) is 146 Å². The fourth-order valence-corrected chi connectivity index (χ4v) is 7.68. The molecule has 7 N–H and O–H groups in total. The van der Waals surface area contributed by atoms with Crippen LogP contribution in [0.1, 0.15) is 116 Å². The zero-order chi connectivity index (χ0) is 45.5. The molecule has 20 heteroatoms. The van der Waals surface area contributed by atoms with Crippen molar-refractivity contribution in [3.05, 3.63) is 59.7 Å². The van der Waals surface area contributed by atoms with Gasteiger partial charge in [-0.1, -0.05) is 67.0 Å². The van der Waals surface area contributed by atoms with Crippen molar-refractivity contribution in [2.24, 2.45) is 50.0 Å². The first-order chi connectivity index (χ1) is 27.9. The Morgan fingerprint density at radius 1 is 0.787 bits per heavy atom. The minimum absolute atomic E-state index is 0. The quantitative estimate of drug-likeness (QED) is 0.0753. The first-order valence-corrected chi connectivity index (χ1v) is 20.6. The summed E-state index contributed by atoms with van der Waals surface area (Å²) in [5.74, 6) is -9.73. The number of alkyl halides is 6. The number of ether oxygens (including phenoxy) is 2. The summed E-state index contributed by atoms with van der Waals surface area (Å²) in [5.41, 5.74) is 25.6. The molecule has 0 unspecified atom stereocenters. The Bertz CT molecular complexity index is 1630. The van der Waals surface area contributed by atoms with Gasteiger partial charge in [0.15, 0.2) is 0 Å². The fraction of sp³-hybridized carbons (Fsp3) is 0.659. The number of carbonyl (C=O) groups is 2. The minimum Gasteiger partial charge on any atom is -0.460 e. The molecule has 6 rings (SSSR count). The number of esters is 1. The van der Waals surface area contributed by atoms with E-state index in [-0.39, 0.29) is 62.5 Å². The highest BCUT2D eigenvalue weighted by molar-refractivity contribution is 6.61. The Labute approximate surface area is 370 Å². The van der Waals surface area contributed by atoms with Crippen LogP contribution in [-0.4, -0.2) is 59.5 Å². The van der Waals surface area contributed by atoms with E-state index in [0.717, 1.165) is 12.8 Å². The summed E-state index contributed by atoms with van der Waals surface area (Å²) in [6.07, 6.45) is 3.33. The Balaban J connectivity index is 0.000000401. The molecule has 3 fully saturated rings. The average molecular weight is 935 g/mol. The smallest absolute Gasteiger partial charge is 0.403 e. The van der Waals surface area contributed by atoms with Crippen LogP contribution in [-0.2, 0) is 14.3 Å². The third-order valence-electron chi connectivity index (χ3n) is 10.9. The van der Waals surface area contributed by atoms with E-state index >= 15 is 0 Å². The van der Waals surface area contributed by atoms with Gasteiger partial charge in [-0.25, -0.2) is 31.1 Å². The number of nitrogens with two attached hydrogens (primary N) is 3. The van der Waals surface area contributed by atoms with E-state index in [1.54, 1.807) is 34.6 Å². The number of hydrogen-bond donors (Lipinski definition) is 4. The summed E-state index contributed by atoms with van der Waals surface area (Å²) in [4.78, 5) is 22.3. The molecule has 0 spiro atoms. The number of carbonyl (C=O) groups excluding carboxylic acids is 2. The molecule has 346 valence electrons. The Hall–Kier alpha value is -3.09. The molecule has 0 amide bonds. The summed E-state index contributed by atoms with van der Waals surface area (Å²) in [6.45, 7) is 9.00. The van der Waals surface area contributed by atoms with Gasteiger partial charge in [-0.05, 0) is 104 Å². The molecular weight excluding hydrogens is 875 g/mol. The van der Waals surface area contributed by atoms with E-state index in [9.17, 15) is 35.9 Å². The highest BCUT2D eigenvalue weighted by atomic mass is 35.5. The lowest BCUT2D eigenvalue weighted by atomic mass is 9.80. The zero-order valence-corrected chi connectivity index (χ0v) is 37.4. The molecule has 0 aromatic heterocycles. The highest BCUT2D eigenvalue weighted by Gasteiger charge is 2.47. The molecule has 0 radical (unpaired) electrons. The fourth-order valence-electron chi connectivity index (χ4n) is 7.59. The van der Waals surface area contributed by atoms with Crippen LogP contribution < -0.4 is 17.2 Å². The second-order valence-electron chi connectivity index (χ2n) is 16.6. The van der Waals surface area contributed by atoms with Gasteiger partial charge in [-0.2, -0.15) is 5.53 Å². The van der Waals surface area contributed by atoms with Crippen molar-refractivity contribution in [1.82, 2.24) is 0 Å². The summed E-state index contributed by atoms with van der Waals surface area (Å²) < 4.78 is 90.8. The van der Waals surface area contributed by atoms with Crippen LogP contribution in [0.5, 0.6) is 0 Å². The number of benzene rings is 2. The molecule has 6 atom stereocenters. The van der Waals surface area contributed by atoms with E-state index in [0.29, 0.717) is 25.7 Å². The second-order valence-corrected chi connectivity index (χ2v) is 17.0. The molecule has 3 saturated carbocycles. The lowest BCUT2D eigenvalue weighted by Gasteiger charge is -2.36. The maximum Gasteiger partial charge on any atom is 0.403 e. The second kappa shape index (κ2) is 25.3. The van der Waals surface area contributed by atoms with Crippen LogP contribution in [0.15, 0.2) is 63.6 Å². The molecule has 11 nitrogen and oxygen atoms in total. The largest absolute Gasteiger partial charge is 0.460 e. The summed E-state index contributed by atoms with van der Waals surface area (Å²) in [6, 6.07) is 13.9. The standard InChI is InChI=1S/C15H11ClO2.C12H21F2NO2.2C7H13F2N.ClHN4.ClH/c16-15(17)18-9-14-12-7-3-1-5-10(12)11-6-2-4-8-13(11)14;1-11(2,3)17-10(16)7-8-9(15)5-4-6-12(8,13)14;2*1-5-3-2-4-7(8,9)6(5)10;1-3-5-4-2;/h1-8,14H,9H2;8-9H,4-7,15H2,1-3H3;2*5-6H,2-4,10H2,1H3;2H;1H/t;8-,9+;2*5-,6+;;/m.100../s1. The summed E-state index contributed by atoms with van der Waals surface area (Å²) in [5, 5.41) is 5.08. The lowest BCUT2D eigenvalue weighted by Crippen LogP contribution is -2.48. The van der Waals surface area contributed by atoms with Gasteiger partial charge in [0, 0.05) is 48.7 Å². The van der Waals surface area contributed by atoms with Gasteiger partial charge in [0.05, 0.1) is 30.3 Å².